The van der Waals surface area contributed by atoms with E-state index in [1.807, 2.05) is 0 Å². The number of ether oxygens (including phenoxy) is 1. The monoisotopic (exact) mass is 431 g/mol. The summed E-state index contributed by atoms with van der Waals surface area (Å²) in [5.41, 5.74) is 0.646. The van der Waals surface area contributed by atoms with Gasteiger partial charge in [-0.3, -0.25) is 4.79 Å². The molecule has 1 aliphatic rings. The number of aromatic nitrogens is 1. The van der Waals surface area contributed by atoms with E-state index in [4.69, 9.17) is 0 Å². The van der Waals surface area contributed by atoms with Crippen LogP contribution in [0.2, 0.25) is 0 Å². The van der Waals surface area contributed by atoms with E-state index < -0.39 is 12.8 Å². The number of nitrogens with one attached hydrogen (secondary N) is 2. The number of alkyl halides is 3. The number of carbonyl (C=O) groups is 1. The molecule has 0 saturated carbocycles. The molecule has 5 nitrogen and oxygen atoms in total. The minimum atomic E-state index is -4.41. The van der Waals surface area contributed by atoms with Gasteiger partial charge in [0, 0.05) is 25.2 Å². The normalized spacial score (nSPS) is 17.9. The molecule has 0 aromatic carbocycles. The fourth-order valence-electron chi connectivity index (χ4n) is 2.89. The summed E-state index contributed by atoms with van der Waals surface area (Å²) in [4.78, 5) is 15.8. The minimum Gasteiger partial charge on any atom is -0.468 e. The number of nitrogens with zero attached hydrogens (tertiary/aromatic N) is 1. The Hall–Kier alpha value is -1.25. The Morgan fingerprint density at radius 3 is 2.81 bits per heavy atom. The zero-order chi connectivity index (χ0) is 18.3. The van der Waals surface area contributed by atoms with Crippen LogP contribution in [0.25, 0.3) is 0 Å². The molecule has 1 aromatic heterocycles. The van der Waals surface area contributed by atoms with Crippen molar-refractivity contribution < 1.29 is 22.7 Å². The zero-order valence-electron chi connectivity index (χ0n) is 15.1. The van der Waals surface area contributed by atoms with Crippen molar-refractivity contribution in [2.45, 2.75) is 38.9 Å². The van der Waals surface area contributed by atoms with Crippen LogP contribution in [-0.2, 0) is 11.3 Å². The van der Waals surface area contributed by atoms with Gasteiger partial charge in [0.25, 0.3) is 0 Å². The summed E-state index contributed by atoms with van der Waals surface area (Å²) in [6.07, 6.45) is -0.339. The molecular formula is C17H26Cl2F3N3O2. The van der Waals surface area contributed by atoms with E-state index in [0.29, 0.717) is 17.9 Å². The lowest BCUT2D eigenvalue weighted by molar-refractivity contribution is -0.154. The van der Waals surface area contributed by atoms with Gasteiger partial charge in [-0.25, -0.2) is 4.98 Å². The maximum Gasteiger partial charge on any atom is 0.422 e. The molecule has 0 bridgehead atoms. The lowest BCUT2D eigenvalue weighted by Gasteiger charge is -2.28. The van der Waals surface area contributed by atoms with E-state index in [-0.39, 0.29) is 49.1 Å². The first-order valence-electron chi connectivity index (χ1n) is 8.45. The molecule has 156 valence electrons. The molecule has 2 N–H and O–H groups in total. The lowest BCUT2D eigenvalue weighted by Crippen LogP contribution is -2.35. The maximum atomic E-state index is 12.2. The third-order valence-electron chi connectivity index (χ3n) is 4.32. The number of hydrogen-bond acceptors (Lipinski definition) is 4. The highest BCUT2D eigenvalue weighted by molar-refractivity contribution is 5.85. The predicted octanol–water partition coefficient (Wildman–Crippen LogP) is 3.51. The van der Waals surface area contributed by atoms with Gasteiger partial charge in [0.05, 0.1) is 0 Å². The molecule has 0 aliphatic carbocycles. The van der Waals surface area contributed by atoms with Crippen molar-refractivity contribution in [2.75, 3.05) is 19.7 Å². The van der Waals surface area contributed by atoms with Gasteiger partial charge in [-0.05, 0) is 49.4 Å². The standard InChI is InChI=1S/C17H24F3N3O2.2ClH/c1-12(14-3-2-5-21-10-14)7-15(24)23-9-13-4-6-22-16(8-13)25-11-17(18,19)20;;/h4,6,8,12,14,21H,2-3,5,7,9-11H2,1H3,(H,23,24);2*1H. The van der Waals surface area contributed by atoms with Crippen LogP contribution in [-0.4, -0.2) is 36.8 Å². The van der Waals surface area contributed by atoms with E-state index in [9.17, 15) is 18.0 Å². The van der Waals surface area contributed by atoms with Gasteiger partial charge in [-0.15, -0.1) is 24.8 Å². The Bertz CT molecular complexity index is 571. The van der Waals surface area contributed by atoms with E-state index in [1.165, 1.54) is 12.3 Å². The average Bonchev–Trinajstić information content (AvgIpc) is 2.59. The second kappa shape index (κ2) is 12.3. The molecule has 2 heterocycles. The third-order valence-corrected chi connectivity index (χ3v) is 4.32. The first kappa shape index (κ1) is 25.8. The Labute approximate surface area is 169 Å². The summed E-state index contributed by atoms with van der Waals surface area (Å²) in [6.45, 7) is 2.91. The van der Waals surface area contributed by atoms with Crippen LogP contribution in [0.5, 0.6) is 5.88 Å². The quantitative estimate of drug-likeness (QED) is 0.693. The van der Waals surface area contributed by atoms with Gasteiger partial charge in [-0.2, -0.15) is 13.2 Å². The molecule has 10 heteroatoms. The van der Waals surface area contributed by atoms with Crippen LogP contribution < -0.4 is 15.4 Å². The summed E-state index contributed by atoms with van der Waals surface area (Å²) < 4.78 is 41.1. The maximum absolute atomic E-state index is 12.2. The number of rotatable bonds is 7. The first-order chi connectivity index (χ1) is 11.8. The molecule has 0 spiro atoms. The molecule has 27 heavy (non-hydrogen) atoms. The molecule has 1 aliphatic heterocycles. The molecule has 2 rings (SSSR count). The molecule has 1 aromatic rings. The van der Waals surface area contributed by atoms with E-state index in [0.717, 1.165) is 25.9 Å². The van der Waals surface area contributed by atoms with Gasteiger partial charge >= 0.3 is 6.18 Å². The highest BCUT2D eigenvalue weighted by Gasteiger charge is 2.28. The summed E-state index contributed by atoms with van der Waals surface area (Å²) in [7, 11) is 0. The van der Waals surface area contributed by atoms with Crippen molar-refractivity contribution in [3.8, 4) is 5.88 Å². The molecule has 2 unspecified atom stereocenters. The van der Waals surface area contributed by atoms with Crippen LogP contribution in [0.15, 0.2) is 18.3 Å². The molecule has 0 radical (unpaired) electrons. The van der Waals surface area contributed by atoms with Gasteiger partial charge in [-0.1, -0.05) is 6.92 Å². The molecule has 1 saturated heterocycles. The average molecular weight is 432 g/mol. The van der Waals surface area contributed by atoms with Crippen molar-refractivity contribution in [3.05, 3.63) is 23.9 Å². The Kier molecular flexibility index (Phi) is 11.7. The Balaban J connectivity index is 0.00000338. The number of carbonyl (C=O) groups excluding carboxylic acids is 1. The smallest absolute Gasteiger partial charge is 0.422 e. The summed E-state index contributed by atoms with van der Waals surface area (Å²) in [5, 5.41) is 6.15. The molecular weight excluding hydrogens is 406 g/mol. The Morgan fingerprint density at radius 1 is 1.44 bits per heavy atom. The minimum absolute atomic E-state index is 0. The van der Waals surface area contributed by atoms with Crippen molar-refractivity contribution in [2.24, 2.45) is 11.8 Å². The van der Waals surface area contributed by atoms with Crippen LogP contribution >= 0.6 is 24.8 Å². The lowest BCUT2D eigenvalue weighted by atomic mass is 9.85. The molecule has 1 fully saturated rings. The molecule has 1 amide bonds. The summed E-state index contributed by atoms with van der Waals surface area (Å²) in [5.74, 6) is 0.622. The first-order valence-corrected chi connectivity index (χ1v) is 8.45. The number of pyridine rings is 1. The van der Waals surface area contributed by atoms with E-state index in [2.05, 4.69) is 27.3 Å². The van der Waals surface area contributed by atoms with Crippen LogP contribution in [0.4, 0.5) is 13.2 Å². The van der Waals surface area contributed by atoms with Crippen molar-refractivity contribution >= 4 is 30.7 Å². The third kappa shape index (κ3) is 10.0. The fraction of sp³-hybridized carbons (Fsp3) is 0.647. The largest absolute Gasteiger partial charge is 0.468 e. The summed E-state index contributed by atoms with van der Waals surface area (Å²) >= 11 is 0. The van der Waals surface area contributed by atoms with Crippen molar-refractivity contribution in [1.82, 2.24) is 15.6 Å². The van der Waals surface area contributed by atoms with Crippen molar-refractivity contribution in [1.29, 1.82) is 0 Å². The van der Waals surface area contributed by atoms with Crippen LogP contribution in [0.3, 0.4) is 0 Å². The highest BCUT2D eigenvalue weighted by atomic mass is 35.5. The van der Waals surface area contributed by atoms with Crippen LogP contribution in [0.1, 0.15) is 31.7 Å². The summed E-state index contributed by atoms with van der Waals surface area (Å²) in [6, 6.07) is 3.04. The highest BCUT2D eigenvalue weighted by Crippen LogP contribution is 2.22. The second-order valence-electron chi connectivity index (χ2n) is 6.47. The molecule has 2 atom stereocenters. The van der Waals surface area contributed by atoms with E-state index >= 15 is 0 Å². The topological polar surface area (TPSA) is 63.2 Å². The van der Waals surface area contributed by atoms with E-state index in [1.54, 1.807) is 6.07 Å². The number of piperidine rings is 1. The van der Waals surface area contributed by atoms with Gasteiger partial charge in [0.1, 0.15) is 0 Å². The van der Waals surface area contributed by atoms with Gasteiger partial charge in [0.2, 0.25) is 11.8 Å². The Morgan fingerprint density at radius 2 is 2.19 bits per heavy atom. The van der Waals surface area contributed by atoms with Crippen LogP contribution in [0, 0.1) is 11.8 Å². The van der Waals surface area contributed by atoms with Crippen molar-refractivity contribution in [3.63, 3.8) is 0 Å². The number of amides is 1. The number of halogens is 5. The second-order valence-corrected chi connectivity index (χ2v) is 6.47. The van der Waals surface area contributed by atoms with Gasteiger partial charge < -0.3 is 15.4 Å². The zero-order valence-corrected chi connectivity index (χ0v) is 16.7. The SMILES string of the molecule is CC(CC(=O)NCc1ccnc(OCC(F)(F)F)c1)C1CCCNC1.Cl.Cl. The van der Waals surface area contributed by atoms with Gasteiger partial charge in [0.15, 0.2) is 6.61 Å². The predicted molar refractivity (Wildman–Crippen MR) is 102 cm³/mol. The fourth-order valence-corrected chi connectivity index (χ4v) is 2.89. The number of hydrogen-bond donors (Lipinski definition) is 2.